The lowest BCUT2D eigenvalue weighted by atomic mass is 9.99. The van der Waals surface area contributed by atoms with E-state index in [2.05, 4.69) is 15.5 Å². The lowest BCUT2D eigenvalue weighted by Gasteiger charge is -2.38. The summed E-state index contributed by atoms with van der Waals surface area (Å²) in [5, 5.41) is 10.9. The highest BCUT2D eigenvalue weighted by Crippen LogP contribution is 2.25. The number of hydrogen-bond donors (Lipinski definition) is 1. The van der Waals surface area contributed by atoms with Crippen molar-refractivity contribution in [3.63, 3.8) is 0 Å². The lowest BCUT2D eigenvalue weighted by molar-refractivity contribution is -0.134. The van der Waals surface area contributed by atoms with Crippen LogP contribution < -0.4 is 15.0 Å². The van der Waals surface area contributed by atoms with E-state index < -0.39 is 0 Å². The molecule has 3 heterocycles. The largest absolute Gasteiger partial charge is 0.489 e. The zero-order valence-corrected chi connectivity index (χ0v) is 18.0. The van der Waals surface area contributed by atoms with Crippen molar-refractivity contribution in [2.75, 3.05) is 36.4 Å². The molecule has 0 spiro atoms. The Morgan fingerprint density at radius 1 is 1.19 bits per heavy atom. The summed E-state index contributed by atoms with van der Waals surface area (Å²) in [6.45, 7) is 6.66. The van der Waals surface area contributed by atoms with Crippen molar-refractivity contribution >= 4 is 23.3 Å². The molecule has 8 nitrogen and oxygen atoms in total. The third kappa shape index (κ3) is 4.95. The van der Waals surface area contributed by atoms with Gasteiger partial charge in [-0.3, -0.25) is 9.59 Å². The Kier molecular flexibility index (Phi) is 6.34. The number of aromatic nitrogens is 2. The minimum atomic E-state index is -0.0644. The SMILES string of the molecule is CC[C@H](C)C(=O)N1CC[C@@H](Oc2ccc(NC(=O)C3CN(c4cccnn4)C3)cc2)C1. The molecule has 31 heavy (non-hydrogen) atoms. The summed E-state index contributed by atoms with van der Waals surface area (Å²) in [6, 6.07) is 11.2. The average molecular weight is 424 g/mol. The van der Waals surface area contributed by atoms with E-state index >= 15 is 0 Å². The zero-order valence-electron chi connectivity index (χ0n) is 18.0. The molecule has 0 saturated carbocycles. The van der Waals surface area contributed by atoms with Gasteiger partial charge in [-0.2, -0.15) is 5.10 Å². The van der Waals surface area contributed by atoms with Gasteiger partial charge in [0.2, 0.25) is 11.8 Å². The minimum Gasteiger partial charge on any atom is -0.489 e. The van der Waals surface area contributed by atoms with E-state index in [1.54, 1.807) is 6.20 Å². The van der Waals surface area contributed by atoms with Crippen molar-refractivity contribution in [1.82, 2.24) is 15.1 Å². The monoisotopic (exact) mass is 423 g/mol. The van der Waals surface area contributed by atoms with E-state index in [1.165, 1.54) is 0 Å². The molecule has 2 atom stereocenters. The summed E-state index contributed by atoms with van der Waals surface area (Å²) in [5.41, 5.74) is 0.746. The van der Waals surface area contributed by atoms with Crippen molar-refractivity contribution in [2.24, 2.45) is 11.8 Å². The maximum absolute atomic E-state index is 12.5. The minimum absolute atomic E-state index is 0.00352. The maximum Gasteiger partial charge on any atom is 0.231 e. The number of amides is 2. The van der Waals surface area contributed by atoms with E-state index in [4.69, 9.17) is 4.74 Å². The topological polar surface area (TPSA) is 87.7 Å². The van der Waals surface area contributed by atoms with Gasteiger partial charge < -0.3 is 19.9 Å². The fourth-order valence-corrected chi connectivity index (χ4v) is 3.86. The van der Waals surface area contributed by atoms with Crippen molar-refractivity contribution in [3.05, 3.63) is 42.6 Å². The van der Waals surface area contributed by atoms with Crippen LogP contribution in [0.15, 0.2) is 42.6 Å². The van der Waals surface area contributed by atoms with Crippen LogP contribution in [0.4, 0.5) is 11.5 Å². The van der Waals surface area contributed by atoms with E-state index in [9.17, 15) is 9.59 Å². The zero-order chi connectivity index (χ0) is 21.8. The first kappa shape index (κ1) is 21.1. The Balaban J connectivity index is 1.23. The molecule has 2 aliphatic heterocycles. The van der Waals surface area contributed by atoms with Crippen molar-refractivity contribution < 1.29 is 14.3 Å². The summed E-state index contributed by atoms with van der Waals surface area (Å²) < 4.78 is 6.05. The molecule has 1 aromatic carbocycles. The number of anilines is 2. The Morgan fingerprint density at radius 2 is 1.97 bits per heavy atom. The fraction of sp³-hybridized carbons (Fsp3) is 0.478. The Bertz CT molecular complexity index is 899. The summed E-state index contributed by atoms with van der Waals surface area (Å²) in [6.07, 6.45) is 3.34. The van der Waals surface area contributed by atoms with Gasteiger partial charge >= 0.3 is 0 Å². The number of rotatable bonds is 7. The van der Waals surface area contributed by atoms with Gasteiger partial charge in [0, 0.05) is 43.9 Å². The fourth-order valence-electron chi connectivity index (χ4n) is 3.86. The molecule has 0 unspecified atom stereocenters. The standard InChI is InChI=1S/C23H29N5O3/c1-3-16(2)23(30)27-12-10-20(15-27)31-19-8-6-18(7-9-19)25-22(29)17-13-28(14-17)21-5-4-11-24-26-21/h4-9,11,16-17,20H,3,10,12-15H2,1-2H3,(H,25,29)/t16-,20+/m0/s1. The second-order valence-electron chi connectivity index (χ2n) is 8.32. The smallest absolute Gasteiger partial charge is 0.231 e. The lowest BCUT2D eigenvalue weighted by Crippen LogP contribution is -2.52. The van der Waals surface area contributed by atoms with Crippen LogP contribution in [-0.4, -0.2) is 59.2 Å². The molecule has 2 aliphatic rings. The Hall–Kier alpha value is -3.16. The van der Waals surface area contributed by atoms with Gasteiger partial charge in [-0.05, 0) is 42.8 Å². The number of nitrogens with zero attached hydrogens (tertiary/aromatic N) is 4. The normalized spacial score (nSPS) is 19.6. The molecule has 4 rings (SSSR count). The third-order valence-electron chi connectivity index (χ3n) is 6.05. The molecular formula is C23H29N5O3. The average Bonchev–Trinajstić information content (AvgIpc) is 3.22. The number of nitrogens with one attached hydrogen (secondary N) is 1. The summed E-state index contributed by atoms with van der Waals surface area (Å²) in [7, 11) is 0. The molecule has 8 heteroatoms. The van der Waals surface area contributed by atoms with Crippen LogP contribution in [0.5, 0.6) is 5.75 Å². The predicted octanol–water partition coefficient (Wildman–Crippen LogP) is 2.58. The van der Waals surface area contributed by atoms with Crippen LogP contribution in [0, 0.1) is 11.8 Å². The highest BCUT2D eigenvalue weighted by atomic mass is 16.5. The first-order chi connectivity index (χ1) is 15.0. The molecule has 0 radical (unpaired) electrons. The molecule has 2 fully saturated rings. The van der Waals surface area contributed by atoms with Gasteiger partial charge in [0.05, 0.1) is 12.5 Å². The number of ether oxygens (including phenoxy) is 1. The van der Waals surface area contributed by atoms with Crippen LogP contribution >= 0.6 is 0 Å². The van der Waals surface area contributed by atoms with Crippen molar-refractivity contribution in [2.45, 2.75) is 32.8 Å². The van der Waals surface area contributed by atoms with E-state index in [0.29, 0.717) is 19.6 Å². The highest BCUT2D eigenvalue weighted by molar-refractivity contribution is 5.94. The molecule has 164 valence electrons. The van der Waals surface area contributed by atoms with Gasteiger partial charge in [0.25, 0.3) is 0 Å². The number of carbonyl (C=O) groups excluding carboxylic acids is 2. The maximum atomic E-state index is 12.5. The molecule has 2 amide bonds. The molecule has 0 aliphatic carbocycles. The van der Waals surface area contributed by atoms with Crippen LogP contribution in [0.25, 0.3) is 0 Å². The van der Waals surface area contributed by atoms with Crippen molar-refractivity contribution in [1.29, 1.82) is 0 Å². The van der Waals surface area contributed by atoms with Gasteiger partial charge in [0.1, 0.15) is 11.9 Å². The number of hydrogen-bond acceptors (Lipinski definition) is 6. The van der Waals surface area contributed by atoms with Crippen LogP contribution in [0.2, 0.25) is 0 Å². The molecule has 1 aromatic heterocycles. The van der Waals surface area contributed by atoms with E-state index in [0.717, 1.165) is 36.6 Å². The van der Waals surface area contributed by atoms with Gasteiger partial charge in [-0.1, -0.05) is 13.8 Å². The second-order valence-corrected chi connectivity index (χ2v) is 8.32. The van der Waals surface area contributed by atoms with Gasteiger partial charge in [-0.15, -0.1) is 5.10 Å². The summed E-state index contributed by atoms with van der Waals surface area (Å²) in [4.78, 5) is 28.7. The van der Waals surface area contributed by atoms with Crippen LogP contribution in [-0.2, 0) is 9.59 Å². The Morgan fingerprint density at radius 3 is 2.65 bits per heavy atom. The quantitative estimate of drug-likeness (QED) is 0.737. The predicted molar refractivity (Wildman–Crippen MR) is 118 cm³/mol. The first-order valence-electron chi connectivity index (χ1n) is 10.9. The molecule has 1 N–H and O–H groups in total. The van der Waals surface area contributed by atoms with Gasteiger partial charge in [-0.25, -0.2) is 0 Å². The first-order valence-corrected chi connectivity index (χ1v) is 10.9. The molecule has 0 bridgehead atoms. The molecule has 2 aromatic rings. The van der Waals surface area contributed by atoms with E-state index in [1.807, 2.05) is 60.0 Å². The second kappa shape index (κ2) is 9.32. The number of likely N-dealkylation sites (tertiary alicyclic amines) is 1. The highest BCUT2D eigenvalue weighted by Gasteiger charge is 2.33. The number of benzene rings is 1. The van der Waals surface area contributed by atoms with Crippen molar-refractivity contribution in [3.8, 4) is 5.75 Å². The number of carbonyl (C=O) groups is 2. The summed E-state index contributed by atoms with van der Waals surface area (Å²) >= 11 is 0. The van der Waals surface area contributed by atoms with E-state index in [-0.39, 0.29) is 29.8 Å². The van der Waals surface area contributed by atoms with Crippen LogP contribution in [0.3, 0.4) is 0 Å². The Labute approximate surface area is 182 Å². The van der Waals surface area contributed by atoms with Gasteiger partial charge in [0.15, 0.2) is 5.82 Å². The molecule has 2 saturated heterocycles. The molecular weight excluding hydrogens is 394 g/mol. The summed E-state index contributed by atoms with van der Waals surface area (Å²) in [5.74, 6) is 1.75. The van der Waals surface area contributed by atoms with Crippen LogP contribution in [0.1, 0.15) is 26.7 Å². The third-order valence-corrected chi connectivity index (χ3v) is 6.05.